The summed E-state index contributed by atoms with van der Waals surface area (Å²) in [5.41, 5.74) is 5.04. The van der Waals surface area contributed by atoms with Gasteiger partial charge >= 0.3 is 0 Å². The van der Waals surface area contributed by atoms with Crippen molar-refractivity contribution in [1.29, 1.82) is 0 Å². The zero-order valence-corrected chi connectivity index (χ0v) is 16.8. The lowest BCUT2D eigenvalue weighted by Gasteiger charge is -2.05. The molecule has 3 aromatic heterocycles. The molecule has 1 aromatic carbocycles. The van der Waals surface area contributed by atoms with Crippen molar-refractivity contribution in [3.05, 3.63) is 65.8 Å². The van der Waals surface area contributed by atoms with Gasteiger partial charge in [-0.05, 0) is 30.9 Å². The number of benzene rings is 1. The zero-order valence-electron chi connectivity index (χ0n) is 16.0. The molecule has 0 saturated heterocycles. The molecule has 6 nitrogen and oxygen atoms in total. The molecule has 0 atom stereocenters. The maximum absolute atomic E-state index is 12.9. The Morgan fingerprint density at radius 2 is 1.83 bits per heavy atom. The number of pyridine rings is 1. The number of carbonyl (C=O) groups is 2. The van der Waals surface area contributed by atoms with E-state index in [1.54, 1.807) is 24.7 Å². The lowest BCUT2D eigenvalue weighted by atomic mass is 9.95. The van der Waals surface area contributed by atoms with E-state index in [1.165, 1.54) is 5.56 Å². The second kappa shape index (κ2) is 6.85. The maximum atomic E-state index is 12.9. The molecule has 30 heavy (non-hydrogen) atoms. The van der Waals surface area contributed by atoms with Crippen molar-refractivity contribution in [1.82, 2.24) is 14.9 Å². The molecule has 150 valence electrons. The number of halogens is 1. The fourth-order valence-electron chi connectivity index (χ4n) is 4.65. The molecule has 1 N–H and O–H groups in total. The van der Waals surface area contributed by atoms with Crippen LogP contribution >= 0.6 is 12.4 Å². The zero-order chi connectivity index (χ0) is 19.5. The third-order valence-electron chi connectivity index (χ3n) is 5.90. The van der Waals surface area contributed by atoms with E-state index < -0.39 is 5.91 Å². The molecule has 0 fully saturated rings. The Morgan fingerprint density at radius 3 is 2.70 bits per heavy atom. The fraction of sp³-hybridized carbons (Fsp3) is 0.174. The highest BCUT2D eigenvalue weighted by molar-refractivity contribution is 6.50. The van der Waals surface area contributed by atoms with Gasteiger partial charge in [-0.2, -0.15) is 0 Å². The van der Waals surface area contributed by atoms with E-state index in [0.29, 0.717) is 22.3 Å². The highest BCUT2D eigenvalue weighted by atomic mass is 35.5. The minimum Gasteiger partial charge on any atom is -0.464 e. The van der Waals surface area contributed by atoms with E-state index in [0.717, 1.165) is 47.7 Å². The molecule has 0 unspecified atom stereocenters. The second-order valence-corrected chi connectivity index (χ2v) is 7.57. The summed E-state index contributed by atoms with van der Waals surface area (Å²) in [5.74, 6) is -0.796. The highest BCUT2D eigenvalue weighted by Gasteiger charge is 2.35. The number of amides is 2. The van der Waals surface area contributed by atoms with E-state index in [-0.39, 0.29) is 18.3 Å². The average Bonchev–Trinajstić information content (AvgIpc) is 3.36. The van der Waals surface area contributed by atoms with Crippen LogP contribution < -0.4 is 5.32 Å². The Hall–Kier alpha value is -3.38. The van der Waals surface area contributed by atoms with Crippen LogP contribution in [0.25, 0.3) is 33.0 Å². The smallest absolute Gasteiger partial charge is 0.259 e. The molecule has 5 heterocycles. The predicted molar refractivity (Wildman–Crippen MR) is 116 cm³/mol. The lowest BCUT2D eigenvalue weighted by Crippen LogP contribution is -2.22. The van der Waals surface area contributed by atoms with Crippen molar-refractivity contribution in [3.8, 4) is 0 Å². The molecule has 0 radical (unpaired) electrons. The molecule has 0 saturated carbocycles. The summed E-state index contributed by atoms with van der Waals surface area (Å²) >= 11 is 0. The number of nitrogens with zero attached hydrogens (tertiary/aromatic N) is 2. The number of rotatable bonds is 2. The normalized spacial score (nSPS) is 16.1. The minimum atomic E-state index is -0.417. The number of carbonyl (C=O) groups excluding carboxylic acids is 2. The second-order valence-electron chi connectivity index (χ2n) is 7.57. The van der Waals surface area contributed by atoms with Crippen LogP contribution in [0, 0.1) is 0 Å². The molecular formula is C23H18ClN3O3. The van der Waals surface area contributed by atoms with E-state index in [1.807, 2.05) is 18.3 Å². The van der Waals surface area contributed by atoms with Crippen LogP contribution in [0.4, 0.5) is 0 Å². The van der Waals surface area contributed by atoms with Crippen LogP contribution in [-0.4, -0.2) is 21.4 Å². The van der Waals surface area contributed by atoms with Crippen molar-refractivity contribution in [2.45, 2.75) is 25.8 Å². The van der Waals surface area contributed by atoms with Gasteiger partial charge in [-0.3, -0.25) is 19.9 Å². The van der Waals surface area contributed by atoms with Crippen molar-refractivity contribution in [2.24, 2.45) is 0 Å². The summed E-state index contributed by atoms with van der Waals surface area (Å²) in [6.07, 6.45) is 10.1. The van der Waals surface area contributed by atoms with Crippen LogP contribution in [0.5, 0.6) is 0 Å². The third kappa shape index (κ3) is 2.53. The molecule has 2 aliphatic rings. The van der Waals surface area contributed by atoms with Gasteiger partial charge in [0.2, 0.25) is 0 Å². The number of imide groups is 1. The van der Waals surface area contributed by atoms with Gasteiger partial charge in [-0.25, -0.2) is 0 Å². The molecule has 7 heteroatoms. The van der Waals surface area contributed by atoms with Gasteiger partial charge in [0.25, 0.3) is 11.8 Å². The van der Waals surface area contributed by atoms with Crippen LogP contribution in [0.15, 0.2) is 53.5 Å². The third-order valence-corrected chi connectivity index (χ3v) is 5.90. The number of aromatic nitrogens is 2. The number of hydrogen-bond donors (Lipinski definition) is 1. The van der Waals surface area contributed by atoms with Crippen LogP contribution in [0.3, 0.4) is 0 Å². The van der Waals surface area contributed by atoms with E-state index in [4.69, 9.17) is 4.42 Å². The molecule has 2 amide bonds. The first-order valence-corrected chi connectivity index (χ1v) is 9.75. The number of fused-ring (bicyclic) bond motifs is 1. The summed E-state index contributed by atoms with van der Waals surface area (Å²) in [5, 5.41) is 4.27. The van der Waals surface area contributed by atoms with Gasteiger partial charge < -0.3 is 8.98 Å². The van der Waals surface area contributed by atoms with Crippen molar-refractivity contribution >= 4 is 57.2 Å². The van der Waals surface area contributed by atoms with Crippen LogP contribution in [-0.2, 0) is 22.6 Å². The van der Waals surface area contributed by atoms with Crippen LogP contribution in [0.1, 0.15) is 29.5 Å². The van der Waals surface area contributed by atoms with E-state index in [9.17, 15) is 9.59 Å². The first-order valence-electron chi connectivity index (χ1n) is 9.75. The van der Waals surface area contributed by atoms with Gasteiger partial charge in [-0.1, -0.05) is 18.2 Å². The molecular weight excluding hydrogens is 402 g/mol. The predicted octanol–water partition coefficient (Wildman–Crippen LogP) is 4.11. The summed E-state index contributed by atoms with van der Waals surface area (Å²) in [4.78, 5) is 30.0. The van der Waals surface area contributed by atoms with Gasteiger partial charge in [-0.15, -0.1) is 12.4 Å². The van der Waals surface area contributed by atoms with E-state index in [2.05, 4.69) is 20.9 Å². The number of hydrogen-bond acceptors (Lipinski definition) is 4. The number of furan rings is 1. The molecule has 2 aliphatic heterocycles. The van der Waals surface area contributed by atoms with Crippen LogP contribution in [0.2, 0.25) is 0 Å². The Bertz CT molecular complexity index is 1380. The topological polar surface area (TPSA) is 77.1 Å². The molecule has 0 aliphatic carbocycles. The maximum Gasteiger partial charge on any atom is 0.259 e. The Morgan fingerprint density at radius 1 is 1.00 bits per heavy atom. The molecule has 4 aromatic rings. The minimum absolute atomic E-state index is 0. The monoisotopic (exact) mass is 419 g/mol. The largest absolute Gasteiger partial charge is 0.464 e. The van der Waals surface area contributed by atoms with Crippen molar-refractivity contribution < 1.29 is 14.0 Å². The first-order chi connectivity index (χ1) is 14.2. The quantitative estimate of drug-likeness (QED) is 0.496. The summed E-state index contributed by atoms with van der Waals surface area (Å²) < 4.78 is 7.84. The Labute approximate surface area is 178 Å². The lowest BCUT2D eigenvalue weighted by molar-refractivity contribution is -0.122. The molecule has 0 bridgehead atoms. The number of para-hydroxylation sites is 1. The summed E-state index contributed by atoms with van der Waals surface area (Å²) in [6.45, 7) is 0.904. The highest BCUT2D eigenvalue weighted by Crippen LogP contribution is 2.39. The van der Waals surface area contributed by atoms with Crippen molar-refractivity contribution in [2.75, 3.05) is 0 Å². The SMILES string of the molecule is Cl.O=C1NC(=O)C(c2cncc3ccoc23)=C1c1cn2c3c(cccc13)CCCC2. The summed E-state index contributed by atoms with van der Waals surface area (Å²) in [6, 6.07) is 8.00. The summed E-state index contributed by atoms with van der Waals surface area (Å²) in [7, 11) is 0. The Kier molecular flexibility index (Phi) is 4.25. The van der Waals surface area contributed by atoms with E-state index >= 15 is 0 Å². The average molecular weight is 420 g/mol. The van der Waals surface area contributed by atoms with Gasteiger partial charge in [0.1, 0.15) is 5.58 Å². The fourth-order valence-corrected chi connectivity index (χ4v) is 4.65. The molecule has 0 spiro atoms. The van der Waals surface area contributed by atoms with Crippen molar-refractivity contribution in [3.63, 3.8) is 0 Å². The first kappa shape index (κ1) is 18.6. The van der Waals surface area contributed by atoms with Gasteiger partial charge in [0.05, 0.1) is 22.9 Å². The van der Waals surface area contributed by atoms with Gasteiger partial charge in [0, 0.05) is 47.0 Å². The number of aryl methyl sites for hydroxylation is 2. The Balaban J connectivity index is 0.00000193. The van der Waals surface area contributed by atoms with Gasteiger partial charge in [0.15, 0.2) is 0 Å². The number of nitrogens with one attached hydrogen (secondary N) is 1. The molecule has 6 rings (SSSR count). The standard InChI is InChI=1S/C23H17N3O3.ClH/c27-22-18(16-11-24-10-14-7-9-29-21(14)16)19(23(28)25-22)17-12-26-8-2-1-4-13-5-3-6-15(17)20(13)26;/h3,5-7,9-12H,1-2,4,8H2,(H,25,27,28);1H.